The average molecular weight is 693 g/mol. The van der Waals surface area contributed by atoms with Crippen molar-refractivity contribution in [3.8, 4) is 5.75 Å². The Morgan fingerprint density at radius 2 is 1.28 bits per heavy atom. The number of ether oxygens (including phenoxy) is 4. The maximum absolute atomic E-state index is 7.83. The van der Waals surface area contributed by atoms with Crippen LogP contribution in [0.5, 0.6) is 5.75 Å². The lowest BCUT2D eigenvalue weighted by atomic mass is 9.74. The van der Waals surface area contributed by atoms with Crippen LogP contribution in [-0.2, 0) is 29.7 Å². The molecule has 0 unspecified atom stereocenters. The Labute approximate surface area is 291 Å². The Morgan fingerprint density at radius 3 is 1.68 bits per heavy atom. The van der Waals surface area contributed by atoms with Crippen molar-refractivity contribution in [1.29, 1.82) is 0 Å². The van der Waals surface area contributed by atoms with E-state index in [4.69, 9.17) is 27.8 Å². The van der Waals surface area contributed by atoms with Gasteiger partial charge in [-0.3, -0.25) is 0 Å². The second kappa shape index (κ2) is 18.3. The molecule has 0 bridgehead atoms. The SMILES string of the molecule is CCC=C(C)[C@](C)(C1OCCO1)[C@@H](OCc1ccc(OC)cc1)[C@@H](CO[Si](C(C)C)(C(C)C)C(C)C)O[Si](C(C)C)(C(C)C)C(C)C. The number of hydrogen-bond donors (Lipinski definition) is 0. The van der Waals surface area contributed by atoms with Gasteiger partial charge in [0.2, 0.25) is 8.32 Å². The van der Waals surface area contributed by atoms with Crippen LogP contribution in [0.2, 0.25) is 33.2 Å². The maximum Gasteiger partial charge on any atom is 0.201 e. The molecule has 1 aliphatic heterocycles. The van der Waals surface area contributed by atoms with Gasteiger partial charge in [-0.25, -0.2) is 0 Å². The summed E-state index contributed by atoms with van der Waals surface area (Å²) < 4.78 is 40.8. The number of rotatable bonds is 20. The molecule has 47 heavy (non-hydrogen) atoms. The van der Waals surface area contributed by atoms with Crippen LogP contribution in [0, 0.1) is 5.41 Å². The van der Waals surface area contributed by atoms with Gasteiger partial charge in [0.25, 0.3) is 0 Å². The summed E-state index contributed by atoms with van der Waals surface area (Å²) in [6, 6.07) is 8.16. The van der Waals surface area contributed by atoms with Crippen LogP contribution in [0.25, 0.3) is 0 Å². The van der Waals surface area contributed by atoms with Crippen LogP contribution in [0.4, 0.5) is 0 Å². The van der Waals surface area contributed by atoms with E-state index in [0.717, 1.165) is 17.7 Å². The molecular weight excluding hydrogens is 621 g/mol. The molecule has 2 rings (SSSR count). The van der Waals surface area contributed by atoms with Gasteiger partial charge in [-0.1, -0.05) is 114 Å². The second-order valence-corrected chi connectivity index (χ2v) is 26.7. The van der Waals surface area contributed by atoms with E-state index in [1.165, 1.54) is 5.57 Å². The molecule has 3 atom stereocenters. The smallest absolute Gasteiger partial charge is 0.201 e. The van der Waals surface area contributed by atoms with Gasteiger partial charge in [0, 0.05) is 0 Å². The van der Waals surface area contributed by atoms with Gasteiger partial charge in [-0.2, -0.15) is 0 Å². The number of allylic oxidation sites excluding steroid dienone is 1. The Morgan fingerprint density at radius 1 is 0.809 bits per heavy atom. The fourth-order valence-electron chi connectivity index (χ4n) is 8.93. The van der Waals surface area contributed by atoms with Crippen LogP contribution in [-0.4, -0.2) is 62.1 Å². The van der Waals surface area contributed by atoms with Crippen LogP contribution < -0.4 is 4.74 Å². The molecule has 0 aromatic heterocycles. The fraction of sp³-hybridized carbons (Fsp3) is 0.795. The summed E-state index contributed by atoms with van der Waals surface area (Å²) in [6.45, 7) is 37.0. The normalized spacial score (nSPS) is 18.3. The molecule has 272 valence electrons. The zero-order valence-electron chi connectivity index (χ0n) is 33.1. The van der Waals surface area contributed by atoms with Gasteiger partial charge in [0.05, 0.1) is 51.2 Å². The minimum atomic E-state index is -2.39. The van der Waals surface area contributed by atoms with Crippen molar-refractivity contribution in [1.82, 2.24) is 0 Å². The minimum Gasteiger partial charge on any atom is -0.497 e. The van der Waals surface area contributed by atoms with Crippen molar-refractivity contribution in [3.05, 3.63) is 41.5 Å². The van der Waals surface area contributed by atoms with Gasteiger partial charge >= 0.3 is 0 Å². The summed E-state index contributed by atoms with van der Waals surface area (Å²) in [5, 5.41) is 0. The van der Waals surface area contributed by atoms with Crippen molar-refractivity contribution in [2.75, 3.05) is 26.9 Å². The second-order valence-electron chi connectivity index (χ2n) is 15.8. The van der Waals surface area contributed by atoms with Gasteiger partial charge in [0.1, 0.15) is 5.75 Å². The number of hydrogen-bond acceptors (Lipinski definition) is 6. The van der Waals surface area contributed by atoms with E-state index in [2.05, 4.69) is 122 Å². The highest BCUT2D eigenvalue weighted by atomic mass is 28.4. The molecule has 1 saturated heterocycles. The molecule has 0 amide bonds. The van der Waals surface area contributed by atoms with E-state index >= 15 is 0 Å². The monoisotopic (exact) mass is 692 g/mol. The topological polar surface area (TPSA) is 55.4 Å². The predicted octanol–water partition coefficient (Wildman–Crippen LogP) is 11.1. The van der Waals surface area contributed by atoms with Crippen molar-refractivity contribution >= 4 is 16.6 Å². The van der Waals surface area contributed by atoms with Crippen molar-refractivity contribution < 1.29 is 27.8 Å². The third kappa shape index (κ3) is 9.22. The quantitative estimate of drug-likeness (QED) is 0.100. The largest absolute Gasteiger partial charge is 0.497 e. The van der Waals surface area contributed by atoms with E-state index in [1.807, 2.05) is 12.1 Å². The van der Waals surface area contributed by atoms with Gasteiger partial charge < -0.3 is 27.8 Å². The first-order valence-electron chi connectivity index (χ1n) is 18.4. The highest BCUT2D eigenvalue weighted by Gasteiger charge is 2.55. The Kier molecular flexibility index (Phi) is 16.4. The highest BCUT2D eigenvalue weighted by Crippen LogP contribution is 2.49. The molecule has 6 nitrogen and oxygen atoms in total. The van der Waals surface area contributed by atoms with Gasteiger partial charge in [-0.15, -0.1) is 0 Å². The lowest BCUT2D eigenvalue weighted by Gasteiger charge is -2.51. The summed E-state index contributed by atoms with van der Waals surface area (Å²) >= 11 is 0. The van der Waals surface area contributed by atoms with Crippen molar-refractivity contribution in [2.24, 2.45) is 5.41 Å². The average Bonchev–Trinajstić information content (AvgIpc) is 3.54. The van der Waals surface area contributed by atoms with Crippen molar-refractivity contribution in [3.63, 3.8) is 0 Å². The van der Waals surface area contributed by atoms with Crippen LogP contribution in [0.3, 0.4) is 0 Å². The zero-order valence-corrected chi connectivity index (χ0v) is 35.1. The molecule has 0 N–H and O–H groups in total. The molecule has 1 aliphatic rings. The van der Waals surface area contributed by atoms with Crippen LogP contribution in [0.15, 0.2) is 35.9 Å². The van der Waals surface area contributed by atoms with Gasteiger partial charge in [0.15, 0.2) is 14.6 Å². The summed E-state index contributed by atoms with van der Waals surface area (Å²) in [7, 11) is -2.92. The fourth-order valence-corrected chi connectivity index (χ4v) is 19.9. The first kappa shape index (κ1) is 42.2. The Hall–Kier alpha value is -1.01. The molecule has 0 aliphatic carbocycles. The minimum absolute atomic E-state index is 0.326. The molecule has 0 spiro atoms. The molecule has 1 fully saturated rings. The number of methoxy groups -OCH3 is 1. The first-order valence-corrected chi connectivity index (χ1v) is 22.7. The van der Waals surface area contributed by atoms with Crippen LogP contribution in [0.1, 0.15) is 116 Å². The van der Waals surface area contributed by atoms with E-state index in [0.29, 0.717) is 59.7 Å². The third-order valence-electron chi connectivity index (χ3n) is 11.3. The summed E-state index contributed by atoms with van der Waals surface area (Å²) in [5.74, 6) is 0.832. The first-order chi connectivity index (χ1) is 22.0. The molecular formula is C39H72O6Si2. The highest BCUT2D eigenvalue weighted by molar-refractivity contribution is 6.78. The lowest BCUT2D eigenvalue weighted by Crippen LogP contribution is -2.60. The van der Waals surface area contributed by atoms with E-state index in [9.17, 15) is 0 Å². The maximum atomic E-state index is 7.83. The van der Waals surface area contributed by atoms with E-state index in [1.54, 1.807) is 7.11 Å². The molecule has 8 heteroatoms. The van der Waals surface area contributed by atoms with E-state index in [-0.39, 0.29) is 6.10 Å². The van der Waals surface area contributed by atoms with E-state index < -0.39 is 34.4 Å². The Balaban J connectivity index is 2.87. The molecule has 1 heterocycles. The van der Waals surface area contributed by atoms with Crippen LogP contribution >= 0.6 is 0 Å². The Bertz CT molecular complexity index is 1030. The molecule has 0 radical (unpaired) electrons. The summed E-state index contributed by atoms with van der Waals surface area (Å²) in [6.07, 6.45) is 2.05. The number of benzene rings is 1. The third-order valence-corrected chi connectivity index (χ3v) is 23.5. The molecule has 1 aromatic rings. The summed E-state index contributed by atoms with van der Waals surface area (Å²) in [4.78, 5) is 0. The zero-order chi connectivity index (χ0) is 35.7. The molecule has 0 saturated carbocycles. The standard InChI is InChI=1S/C39H72O6Si2/c1-17-18-33(14)39(15,38-41-23-24-42-38)37(43-25-34-19-21-35(40-16)22-20-34)36(45-47(30(8)9,31(10)11)32(12)13)26-44-46(27(2)3,28(4)5)29(6)7/h18-22,27-32,36-38H,17,23-26H2,1-16H3/t36-,37+,39+/m1/s1. The lowest BCUT2D eigenvalue weighted by molar-refractivity contribution is -0.193. The molecule has 1 aromatic carbocycles. The van der Waals surface area contributed by atoms with Crippen molar-refractivity contribution in [2.45, 2.75) is 169 Å². The van der Waals surface area contributed by atoms with Gasteiger partial charge in [-0.05, 0) is 71.2 Å². The predicted molar refractivity (Wildman–Crippen MR) is 202 cm³/mol. The summed E-state index contributed by atoms with van der Waals surface area (Å²) in [5.41, 5.74) is 4.27.